The van der Waals surface area contributed by atoms with Crippen LogP contribution < -0.4 is 15.0 Å². The molecule has 150 valence electrons. The fraction of sp³-hybridized carbons (Fsp3) is 0.474. The number of hydrogen-bond donors (Lipinski definition) is 1. The second kappa shape index (κ2) is 7.95. The van der Waals surface area contributed by atoms with Crippen molar-refractivity contribution in [3.05, 3.63) is 35.2 Å². The Bertz CT molecular complexity index is 889. The highest BCUT2D eigenvalue weighted by Gasteiger charge is 2.28. The first-order chi connectivity index (χ1) is 13.3. The maximum absolute atomic E-state index is 14.4. The summed E-state index contributed by atoms with van der Waals surface area (Å²) in [6.45, 7) is 5.16. The van der Waals surface area contributed by atoms with Gasteiger partial charge in [-0.3, -0.25) is 4.79 Å². The van der Waals surface area contributed by atoms with Crippen molar-refractivity contribution in [3.63, 3.8) is 0 Å². The lowest BCUT2D eigenvalue weighted by Crippen LogP contribution is -2.30. The Kier molecular flexibility index (Phi) is 5.62. The quantitative estimate of drug-likeness (QED) is 0.839. The van der Waals surface area contributed by atoms with Crippen LogP contribution in [0.5, 0.6) is 5.75 Å². The van der Waals surface area contributed by atoms with Gasteiger partial charge in [-0.15, -0.1) is 0 Å². The summed E-state index contributed by atoms with van der Waals surface area (Å²) >= 11 is 0. The Hall–Kier alpha value is -2.97. The number of rotatable bonds is 5. The van der Waals surface area contributed by atoms with Crippen LogP contribution in [0.15, 0.2) is 12.3 Å². The molecule has 0 bridgehead atoms. The van der Waals surface area contributed by atoms with Crippen molar-refractivity contribution in [3.8, 4) is 5.75 Å². The van der Waals surface area contributed by atoms with Gasteiger partial charge in [-0.2, -0.15) is 4.39 Å². The van der Waals surface area contributed by atoms with Gasteiger partial charge in [0.1, 0.15) is 5.82 Å². The van der Waals surface area contributed by atoms with Crippen LogP contribution in [0.4, 0.5) is 16.0 Å². The number of methoxy groups -OCH3 is 1. The first kappa shape index (κ1) is 19.8. The van der Waals surface area contributed by atoms with E-state index in [1.54, 1.807) is 14.1 Å². The average molecular weight is 388 g/mol. The molecule has 0 spiro atoms. The molecule has 3 rings (SSSR count). The molecule has 1 aliphatic heterocycles. The van der Waals surface area contributed by atoms with Crippen molar-refractivity contribution in [2.45, 2.75) is 26.3 Å². The Balaban J connectivity index is 1.79. The van der Waals surface area contributed by atoms with Gasteiger partial charge in [-0.1, -0.05) is 0 Å². The third kappa shape index (κ3) is 3.83. The molecule has 3 heterocycles. The third-order valence-electron chi connectivity index (χ3n) is 4.86. The van der Waals surface area contributed by atoms with Crippen molar-refractivity contribution < 1.29 is 13.9 Å². The molecule has 28 heavy (non-hydrogen) atoms. The van der Waals surface area contributed by atoms with Gasteiger partial charge in [0.15, 0.2) is 11.6 Å². The molecule has 2 aromatic heterocycles. The lowest BCUT2D eigenvalue weighted by molar-refractivity contribution is 0.0815. The maximum Gasteiger partial charge on any atom is 0.291 e. The molecule has 0 aromatic carbocycles. The monoisotopic (exact) mass is 388 g/mol. The molecule has 9 heteroatoms. The van der Waals surface area contributed by atoms with E-state index in [1.165, 1.54) is 24.3 Å². The van der Waals surface area contributed by atoms with E-state index in [2.05, 4.69) is 25.2 Å². The number of carbonyl (C=O) groups excluding carboxylic acids is 1. The number of aromatic nitrogens is 3. The zero-order chi connectivity index (χ0) is 20.4. The Labute approximate surface area is 163 Å². The van der Waals surface area contributed by atoms with E-state index in [1.807, 2.05) is 13.8 Å². The van der Waals surface area contributed by atoms with Crippen molar-refractivity contribution in [1.82, 2.24) is 19.9 Å². The van der Waals surface area contributed by atoms with Crippen LogP contribution in [-0.2, 0) is 0 Å². The number of pyridine rings is 1. The smallest absolute Gasteiger partial charge is 0.291 e. The normalized spacial score (nSPS) is 16.2. The molecule has 1 aliphatic rings. The molecule has 0 saturated carbocycles. The van der Waals surface area contributed by atoms with Gasteiger partial charge in [0.25, 0.3) is 5.91 Å². The third-order valence-corrected chi connectivity index (χ3v) is 4.86. The number of nitrogens with one attached hydrogen (secondary N) is 1. The van der Waals surface area contributed by atoms with Crippen molar-refractivity contribution in [2.75, 3.05) is 44.5 Å². The van der Waals surface area contributed by atoms with Crippen LogP contribution in [0.2, 0.25) is 0 Å². The number of nitrogens with zero attached hydrogens (tertiary/aromatic N) is 5. The van der Waals surface area contributed by atoms with E-state index in [0.717, 1.165) is 30.0 Å². The molecule has 1 saturated heterocycles. The number of carbonyl (C=O) groups is 1. The van der Waals surface area contributed by atoms with Crippen LogP contribution in [0.25, 0.3) is 0 Å². The molecule has 8 nitrogen and oxygen atoms in total. The number of halogens is 1. The fourth-order valence-electron chi connectivity index (χ4n) is 3.17. The van der Waals surface area contributed by atoms with Gasteiger partial charge in [0.05, 0.1) is 7.11 Å². The number of ether oxygens (including phenoxy) is 1. The summed E-state index contributed by atoms with van der Waals surface area (Å²) in [7, 11) is 4.77. The average Bonchev–Trinajstić information content (AvgIpc) is 3.13. The van der Waals surface area contributed by atoms with Crippen LogP contribution >= 0.6 is 0 Å². The molecule has 1 amide bonds. The number of hydrogen-bond acceptors (Lipinski definition) is 7. The Morgan fingerprint density at radius 3 is 2.79 bits per heavy atom. The van der Waals surface area contributed by atoms with E-state index >= 15 is 0 Å². The van der Waals surface area contributed by atoms with Gasteiger partial charge in [0.2, 0.25) is 11.6 Å². The van der Waals surface area contributed by atoms with Crippen molar-refractivity contribution in [1.29, 1.82) is 0 Å². The van der Waals surface area contributed by atoms with Crippen molar-refractivity contribution >= 4 is 17.5 Å². The lowest BCUT2D eigenvalue weighted by Gasteiger charge is -2.22. The van der Waals surface area contributed by atoms with Gasteiger partial charge in [0, 0.05) is 56.7 Å². The van der Waals surface area contributed by atoms with E-state index < -0.39 is 5.82 Å². The Morgan fingerprint density at radius 2 is 2.11 bits per heavy atom. The maximum atomic E-state index is 14.4. The number of aryl methyl sites for hydroxylation is 1. The molecule has 0 radical (unpaired) electrons. The topological polar surface area (TPSA) is 83.5 Å². The van der Waals surface area contributed by atoms with Crippen LogP contribution in [0.3, 0.4) is 0 Å². The zero-order valence-corrected chi connectivity index (χ0v) is 16.8. The summed E-state index contributed by atoms with van der Waals surface area (Å²) in [5.41, 5.74) is 1.70. The minimum atomic E-state index is -0.503. The zero-order valence-electron chi connectivity index (χ0n) is 16.8. The molecule has 1 atom stereocenters. The predicted molar refractivity (Wildman–Crippen MR) is 105 cm³/mol. The summed E-state index contributed by atoms with van der Waals surface area (Å²) in [6.07, 6.45) is 2.30. The summed E-state index contributed by atoms with van der Waals surface area (Å²) in [5, 5.41) is 3.15. The van der Waals surface area contributed by atoms with Crippen molar-refractivity contribution in [2.24, 2.45) is 0 Å². The highest BCUT2D eigenvalue weighted by molar-refractivity contribution is 5.90. The molecule has 1 N–H and O–H groups in total. The fourth-order valence-corrected chi connectivity index (χ4v) is 3.17. The molecule has 0 aliphatic carbocycles. The largest absolute Gasteiger partial charge is 0.493 e. The number of amides is 1. The van der Waals surface area contributed by atoms with E-state index in [0.29, 0.717) is 6.54 Å². The minimum Gasteiger partial charge on any atom is -0.493 e. The van der Waals surface area contributed by atoms with Gasteiger partial charge in [-0.05, 0) is 20.3 Å². The Morgan fingerprint density at radius 1 is 1.36 bits per heavy atom. The summed E-state index contributed by atoms with van der Waals surface area (Å²) in [5.74, 6) is 0.505. The second-order valence-electron chi connectivity index (χ2n) is 7.03. The lowest BCUT2D eigenvalue weighted by atomic mass is 10.2. The second-order valence-corrected chi connectivity index (χ2v) is 7.03. The van der Waals surface area contributed by atoms with E-state index in [-0.39, 0.29) is 29.3 Å². The summed E-state index contributed by atoms with van der Waals surface area (Å²) < 4.78 is 19.4. The highest BCUT2D eigenvalue weighted by Crippen LogP contribution is 2.27. The highest BCUT2D eigenvalue weighted by atomic mass is 19.1. The molecule has 2 aromatic rings. The summed E-state index contributed by atoms with van der Waals surface area (Å²) in [4.78, 5) is 28.7. The predicted octanol–water partition coefficient (Wildman–Crippen LogP) is 2.03. The minimum absolute atomic E-state index is 0.00298. The first-order valence-electron chi connectivity index (χ1n) is 9.08. The molecule has 0 unspecified atom stereocenters. The standard InChI is InChI=1S/C19H25FN6O2/c1-11-12(2)22-17(19(27)25(3)4)24-18(11)26-9-7-13(10-26)23-16-15(20)14(28-5)6-8-21-16/h6,8,13H,7,9-10H2,1-5H3,(H,21,23)/t13-/m1/s1. The van der Waals surface area contributed by atoms with Gasteiger partial charge in [-0.25, -0.2) is 15.0 Å². The molecular weight excluding hydrogens is 363 g/mol. The van der Waals surface area contributed by atoms with Crippen LogP contribution in [0, 0.1) is 19.7 Å². The SMILES string of the molecule is COc1ccnc(N[C@@H]2CCN(c3nc(C(=O)N(C)C)nc(C)c3C)C2)c1F. The van der Waals surface area contributed by atoms with Gasteiger partial charge < -0.3 is 19.9 Å². The molecule has 1 fully saturated rings. The summed E-state index contributed by atoms with van der Waals surface area (Å²) in [6, 6.07) is 1.48. The van der Waals surface area contributed by atoms with E-state index in [4.69, 9.17) is 4.74 Å². The first-order valence-corrected chi connectivity index (χ1v) is 9.08. The van der Waals surface area contributed by atoms with Crippen LogP contribution in [0.1, 0.15) is 28.3 Å². The molecular formula is C19H25FN6O2. The number of anilines is 2. The van der Waals surface area contributed by atoms with Gasteiger partial charge >= 0.3 is 0 Å². The van der Waals surface area contributed by atoms with E-state index in [9.17, 15) is 9.18 Å². The van der Waals surface area contributed by atoms with Crippen LogP contribution in [-0.4, -0.2) is 66.1 Å².